The number of aryl methyl sites for hydroxylation is 1. The molecule has 4 amide bonds. The summed E-state index contributed by atoms with van der Waals surface area (Å²) in [5.74, 6) is -2.44. The van der Waals surface area contributed by atoms with Crippen LogP contribution in [0.4, 0.5) is 13.6 Å². The van der Waals surface area contributed by atoms with Crippen LogP contribution in [0.1, 0.15) is 102 Å². The second-order valence-corrected chi connectivity index (χ2v) is 18.7. The molecule has 2 aliphatic carbocycles. The fourth-order valence-corrected chi connectivity index (χ4v) is 10.2. The van der Waals surface area contributed by atoms with Gasteiger partial charge >= 0.3 is 6.09 Å². The molecule has 4 heterocycles. The number of hydrogen-bond donors (Lipinski definition) is 3. The summed E-state index contributed by atoms with van der Waals surface area (Å²) >= 11 is 0. The molecule has 59 heavy (non-hydrogen) atoms. The Morgan fingerprint density at radius 1 is 1.12 bits per heavy atom. The first-order chi connectivity index (χ1) is 28.1. The fraction of sp³-hybridized carbons (Fsp3) is 0.634. The van der Waals surface area contributed by atoms with Gasteiger partial charge in [-0.15, -0.1) is 0 Å². The number of rotatable bonds is 10. The Labute approximate surface area is 342 Å². The van der Waals surface area contributed by atoms with Gasteiger partial charge in [-0.2, -0.15) is 0 Å². The number of pyridine rings is 1. The van der Waals surface area contributed by atoms with Gasteiger partial charge in [-0.25, -0.2) is 27.0 Å². The zero-order valence-electron chi connectivity index (χ0n) is 33.8. The van der Waals surface area contributed by atoms with Crippen molar-refractivity contribution in [3.63, 3.8) is 0 Å². The molecule has 0 radical (unpaired) electrons. The quantitative estimate of drug-likeness (QED) is 0.280. The van der Waals surface area contributed by atoms with Crippen molar-refractivity contribution in [3.8, 4) is 11.5 Å². The number of alkyl halides is 2. The fourth-order valence-electron chi connectivity index (χ4n) is 8.68. The molecule has 7 rings (SSSR count). The van der Waals surface area contributed by atoms with Crippen LogP contribution in [0.25, 0.3) is 10.9 Å². The molecule has 15 nitrogen and oxygen atoms in total. The van der Waals surface area contributed by atoms with E-state index >= 15 is 0 Å². The van der Waals surface area contributed by atoms with E-state index in [2.05, 4.69) is 20.3 Å². The molecule has 6 atom stereocenters. The predicted octanol–water partition coefficient (Wildman–Crippen LogP) is 4.76. The second-order valence-electron chi connectivity index (χ2n) is 16.7. The lowest BCUT2D eigenvalue weighted by atomic mass is 9.87. The minimum atomic E-state index is -4.20. The molecular weight excluding hydrogens is 793 g/mol. The lowest BCUT2D eigenvalue weighted by molar-refractivity contribution is -0.141. The highest BCUT2D eigenvalue weighted by Gasteiger charge is 2.64. The van der Waals surface area contributed by atoms with Crippen LogP contribution < -0.4 is 24.8 Å². The van der Waals surface area contributed by atoms with Crippen LogP contribution in [0.3, 0.4) is 0 Å². The van der Waals surface area contributed by atoms with Gasteiger partial charge in [0.25, 0.3) is 12.3 Å². The molecule has 2 saturated carbocycles. The first-order valence-electron chi connectivity index (χ1n) is 20.4. The summed E-state index contributed by atoms with van der Waals surface area (Å²) in [6.07, 6.45) is 3.85. The number of aromatic nitrogens is 1. The van der Waals surface area contributed by atoms with Gasteiger partial charge in [0.15, 0.2) is 5.75 Å². The van der Waals surface area contributed by atoms with Crippen molar-refractivity contribution in [2.24, 2.45) is 5.92 Å². The average molecular weight is 846 g/mol. The summed E-state index contributed by atoms with van der Waals surface area (Å²) in [4.78, 5) is 62.2. The van der Waals surface area contributed by atoms with E-state index in [-0.39, 0.29) is 51.0 Å². The van der Waals surface area contributed by atoms with Crippen LogP contribution in [0.15, 0.2) is 30.4 Å². The number of fused-ring (bicyclic) bond motifs is 5. The summed E-state index contributed by atoms with van der Waals surface area (Å²) in [6, 6.07) is 2.51. The summed E-state index contributed by atoms with van der Waals surface area (Å²) < 4.78 is 80.1. The van der Waals surface area contributed by atoms with Gasteiger partial charge in [0, 0.05) is 30.4 Å². The zero-order valence-corrected chi connectivity index (χ0v) is 34.6. The monoisotopic (exact) mass is 845 g/mol. The zero-order chi connectivity index (χ0) is 42.3. The average Bonchev–Trinajstić information content (AvgIpc) is 4.11. The van der Waals surface area contributed by atoms with Crippen LogP contribution in [-0.2, 0) is 40.3 Å². The van der Waals surface area contributed by atoms with Crippen molar-refractivity contribution in [2.75, 3.05) is 27.4 Å². The molecule has 322 valence electrons. The lowest BCUT2D eigenvalue weighted by Crippen LogP contribution is -2.59. The number of sulfonamides is 1. The van der Waals surface area contributed by atoms with Gasteiger partial charge in [-0.1, -0.05) is 31.9 Å². The molecular formula is C41H53F2N5O10S. The Morgan fingerprint density at radius 3 is 2.59 bits per heavy atom. The van der Waals surface area contributed by atoms with Crippen LogP contribution in [-0.4, -0.2) is 104 Å². The van der Waals surface area contributed by atoms with Gasteiger partial charge in [0.05, 0.1) is 25.8 Å². The van der Waals surface area contributed by atoms with E-state index in [0.29, 0.717) is 60.7 Å². The summed E-state index contributed by atoms with van der Waals surface area (Å²) in [5, 5.41) is 6.13. The number of ether oxygens (including phenoxy) is 4. The second kappa shape index (κ2) is 16.5. The smallest absolute Gasteiger partial charge is 0.408 e. The minimum Gasteiger partial charge on any atom is -0.497 e. The number of amides is 4. The topological polar surface area (TPSA) is 192 Å². The first kappa shape index (κ1) is 42.5. The van der Waals surface area contributed by atoms with E-state index in [9.17, 15) is 36.4 Å². The van der Waals surface area contributed by atoms with E-state index in [0.717, 1.165) is 6.42 Å². The Balaban J connectivity index is 1.25. The third-order valence-corrected chi connectivity index (χ3v) is 14.7. The number of benzene rings is 1. The molecule has 3 N–H and O–H groups in total. The predicted molar refractivity (Wildman–Crippen MR) is 210 cm³/mol. The third-order valence-electron chi connectivity index (χ3n) is 12.6. The van der Waals surface area contributed by atoms with Gasteiger partial charge in [-0.3, -0.25) is 19.1 Å². The van der Waals surface area contributed by atoms with E-state index in [1.165, 1.54) is 19.1 Å². The lowest BCUT2D eigenvalue weighted by Gasteiger charge is -2.37. The number of alkyl carbamates (subject to hydrolysis) is 1. The molecule has 18 heteroatoms. The van der Waals surface area contributed by atoms with Crippen molar-refractivity contribution in [1.82, 2.24) is 25.2 Å². The highest BCUT2D eigenvalue weighted by Crippen LogP contribution is 2.50. The number of halogens is 2. The maximum absolute atomic E-state index is 14.8. The number of carbonyl (C=O) groups excluding carboxylic acids is 4. The summed E-state index contributed by atoms with van der Waals surface area (Å²) in [6.45, 7) is 3.26. The number of hydrogen-bond acceptors (Lipinski definition) is 11. The largest absolute Gasteiger partial charge is 0.497 e. The van der Waals surface area contributed by atoms with Gasteiger partial charge in [0.2, 0.25) is 21.8 Å². The van der Waals surface area contributed by atoms with Crippen LogP contribution in [0.2, 0.25) is 0 Å². The Morgan fingerprint density at radius 2 is 1.90 bits per heavy atom. The number of nitrogens with zero attached hydrogens (tertiary/aromatic N) is 2. The number of carbonyl (C=O) groups is 4. The van der Waals surface area contributed by atoms with Crippen LogP contribution in [0.5, 0.6) is 11.5 Å². The Kier molecular flexibility index (Phi) is 11.9. The summed E-state index contributed by atoms with van der Waals surface area (Å²) in [5.41, 5.74) is -2.75. The van der Waals surface area contributed by atoms with Crippen molar-refractivity contribution < 1.29 is 55.3 Å². The molecule has 3 aliphatic heterocycles. The maximum Gasteiger partial charge on any atom is 0.408 e. The SMILES string of the molecule is CCC(C)OC(=O)NC1CCCCCC=CC2CC2(C(=O)NS(=O)(=O)C2(COC)CC2)NC(=O)C2CC3(CCc4c(c(C(F)F)nc5ccc(OC)cc45)O3)CN2C1=O. The molecule has 2 aromatic rings. The standard InChI is InChI=1S/C41H53F2N5O10S/c1-5-24(2)57-38(52)45-30-12-10-8-6-7-9-11-25-20-41(25,37(51)47-59(53,54)40(17-18-40)23-55-3)46-35(49)31-21-39(22-48(31)36(30)50)16-15-27-28-19-26(56-4)13-14-29(28)44-32(34(42)43)33(27)58-39/h9,11,13-14,19,24-25,30-31,34H,5-8,10,12,15-18,20-23H2,1-4H3,(H,45,52)(H,46,49)(H,47,51). The molecule has 1 spiro atoms. The number of allylic oxidation sites excluding steroid dienone is 1. The highest BCUT2D eigenvalue weighted by molar-refractivity contribution is 7.91. The van der Waals surface area contributed by atoms with Gasteiger partial charge in [0.1, 0.15) is 45.5 Å². The van der Waals surface area contributed by atoms with Crippen LogP contribution in [0, 0.1) is 5.92 Å². The minimum absolute atomic E-state index is 0.102. The normalized spacial score (nSPS) is 28.3. The molecule has 1 aromatic carbocycles. The van der Waals surface area contributed by atoms with Crippen molar-refractivity contribution >= 4 is 44.7 Å². The maximum atomic E-state index is 14.8. The van der Waals surface area contributed by atoms with Crippen molar-refractivity contribution in [2.45, 2.75) is 131 Å². The van der Waals surface area contributed by atoms with Crippen molar-refractivity contribution in [1.29, 1.82) is 0 Å². The third kappa shape index (κ3) is 8.30. The highest BCUT2D eigenvalue weighted by atomic mass is 32.2. The summed E-state index contributed by atoms with van der Waals surface area (Å²) in [7, 11) is -1.33. The van der Waals surface area contributed by atoms with Crippen LogP contribution >= 0.6 is 0 Å². The van der Waals surface area contributed by atoms with Gasteiger partial charge < -0.3 is 34.5 Å². The van der Waals surface area contributed by atoms with E-state index in [1.807, 2.05) is 19.1 Å². The molecule has 1 aromatic heterocycles. The first-order valence-corrected chi connectivity index (χ1v) is 21.9. The molecule has 5 aliphatic rings. The van der Waals surface area contributed by atoms with Crippen molar-refractivity contribution in [3.05, 3.63) is 41.6 Å². The number of methoxy groups -OCH3 is 2. The van der Waals surface area contributed by atoms with E-state index in [4.69, 9.17) is 18.9 Å². The Hall–Kier alpha value is -4.58. The molecule has 3 fully saturated rings. The van der Waals surface area contributed by atoms with Gasteiger partial charge in [-0.05, 0) is 82.9 Å². The molecule has 6 unspecified atom stereocenters. The molecule has 0 bridgehead atoms. The van der Waals surface area contributed by atoms with E-state index < -0.39 is 85.9 Å². The number of nitrogens with one attached hydrogen (secondary N) is 3. The van der Waals surface area contributed by atoms with E-state index in [1.54, 1.807) is 25.1 Å². The molecule has 1 saturated heterocycles. The Bertz CT molecular complexity index is 2130.